The second kappa shape index (κ2) is 9.28. The smallest absolute Gasteiger partial charge is 0.391 e. The van der Waals surface area contributed by atoms with Crippen molar-refractivity contribution in [3.8, 4) is 5.88 Å². The summed E-state index contributed by atoms with van der Waals surface area (Å²) in [5.41, 5.74) is 1.54. The summed E-state index contributed by atoms with van der Waals surface area (Å²) < 4.78 is 67.0. The first-order valence-corrected chi connectivity index (χ1v) is 8.30. The van der Waals surface area contributed by atoms with Crippen LogP contribution in [0.1, 0.15) is 18.5 Å². The third-order valence-electron chi connectivity index (χ3n) is 3.39. The molecule has 0 aromatic carbocycles. The number of ether oxygens (including phenoxy) is 2. The zero-order chi connectivity index (χ0) is 17.4. The van der Waals surface area contributed by atoms with Crippen LogP contribution in [0.4, 0.5) is 17.6 Å². The number of hydrogen-bond donors (Lipinski definition) is 0. The van der Waals surface area contributed by atoms with Crippen molar-refractivity contribution in [2.75, 3.05) is 46.1 Å². The van der Waals surface area contributed by atoms with Crippen LogP contribution in [-0.4, -0.2) is 66.0 Å². The van der Waals surface area contributed by atoms with Crippen LogP contribution in [0.15, 0.2) is 6.08 Å². The molecule has 1 aromatic rings. The average Bonchev–Trinajstić information content (AvgIpc) is 2.99. The van der Waals surface area contributed by atoms with E-state index in [-0.39, 0.29) is 13.2 Å². The van der Waals surface area contributed by atoms with Gasteiger partial charge in [0.1, 0.15) is 19.0 Å². The summed E-state index contributed by atoms with van der Waals surface area (Å²) in [5, 5.41) is 0. The number of alkyl halides is 4. The first-order valence-electron chi connectivity index (χ1n) is 7.57. The van der Waals surface area contributed by atoms with E-state index < -0.39 is 25.9 Å². The van der Waals surface area contributed by atoms with Gasteiger partial charge in [-0.2, -0.15) is 17.5 Å². The third-order valence-corrected chi connectivity index (χ3v) is 3.90. The summed E-state index contributed by atoms with van der Waals surface area (Å²) in [6.45, 7) is 1.09. The molecule has 0 saturated carbocycles. The number of nitrogens with zero attached hydrogens (tertiary/aromatic N) is 3. The molecule has 1 aliphatic heterocycles. The molecule has 0 radical (unpaired) electrons. The van der Waals surface area contributed by atoms with Gasteiger partial charge in [0.15, 0.2) is 0 Å². The SMILES string of the molecule is FCCN1CCC=C(c2nsnc2OCCOCCC(F)(F)F)C1. The maximum atomic E-state index is 12.5. The van der Waals surface area contributed by atoms with Crippen LogP contribution >= 0.6 is 11.7 Å². The van der Waals surface area contributed by atoms with Crippen molar-refractivity contribution in [2.45, 2.75) is 19.0 Å². The van der Waals surface area contributed by atoms with Gasteiger partial charge in [-0.1, -0.05) is 6.08 Å². The van der Waals surface area contributed by atoms with Gasteiger partial charge in [0.2, 0.25) is 0 Å². The van der Waals surface area contributed by atoms with Crippen LogP contribution in [0.3, 0.4) is 0 Å². The van der Waals surface area contributed by atoms with E-state index in [9.17, 15) is 17.6 Å². The highest BCUT2D eigenvalue weighted by Gasteiger charge is 2.26. The van der Waals surface area contributed by atoms with Gasteiger partial charge in [0, 0.05) is 19.6 Å². The summed E-state index contributed by atoms with van der Waals surface area (Å²) in [6.07, 6.45) is -2.37. The van der Waals surface area contributed by atoms with E-state index >= 15 is 0 Å². The first-order chi connectivity index (χ1) is 11.5. The highest BCUT2D eigenvalue weighted by atomic mass is 32.1. The fourth-order valence-corrected chi connectivity index (χ4v) is 2.78. The van der Waals surface area contributed by atoms with E-state index in [0.29, 0.717) is 24.7 Å². The van der Waals surface area contributed by atoms with E-state index in [0.717, 1.165) is 30.3 Å². The molecule has 0 fully saturated rings. The minimum atomic E-state index is -4.22. The molecule has 0 unspecified atom stereocenters. The maximum absolute atomic E-state index is 12.5. The molecule has 2 heterocycles. The second-order valence-electron chi connectivity index (χ2n) is 5.23. The van der Waals surface area contributed by atoms with Gasteiger partial charge in [-0.05, 0) is 12.0 Å². The minimum absolute atomic E-state index is 0.0417. The predicted octanol–water partition coefficient (Wildman–Crippen LogP) is 2.94. The molecule has 0 spiro atoms. The predicted molar refractivity (Wildman–Crippen MR) is 81.9 cm³/mol. The molecule has 136 valence electrons. The fraction of sp³-hybridized carbons (Fsp3) is 0.714. The van der Waals surface area contributed by atoms with Crippen molar-refractivity contribution in [2.24, 2.45) is 0 Å². The van der Waals surface area contributed by atoms with Crippen molar-refractivity contribution in [3.05, 3.63) is 11.8 Å². The monoisotopic (exact) mass is 369 g/mol. The highest BCUT2D eigenvalue weighted by Crippen LogP contribution is 2.27. The van der Waals surface area contributed by atoms with E-state index in [1.165, 1.54) is 0 Å². The highest BCUT2D eigenvalue weighted by molar-refractivity contribution is 6.99. The molecule has 0 N–H and O–H groups in total. The Hall–Kier alpha value is -1.26. The minimum Gasteiger partial charge on any atom is -0.473 e. The lowest BCUT2D eigenvalue weighted by molar-refractivity contribution is -0.145. The van der Waals surface area contributed by atoms with Crippen molar-refractivity contribution >= 4 is 17.3 Å². The number of rotatable bonds is 9. The molecular formula is C14H19F4N3O2S. The molecule has 0 bridgehead atoms. The van der Waals surface area contributed by atoms with Crippen LogP contribution < -0.4 is 4.74 Å². The molecule has 1 aliphatic rings. The Morgan fingerprint density at radius 3 is 2.79 bits per heavy atom. The summed E-state index contributed by atoms with van der Waals surface area (Å²) in [5.74, 6) is 0.341. The van der Waals surface area contributed by atoms with Crippen molar-refractivity contribution < 1.29 is 27.0 Å². The zero-order valence-corrected chi connectivity index (χ0v) is 13.8. The normalized spacial score (nSPS) is 16.2. The largest absolute Gasteiger partial charge is 0.473 e. The van der Waals surface area contributed by atoms with Gasteiger partial charge >= 0.3 is 6.18 Å². The summed E-state index contributed by atoms with van der Waals surface area (Å²) in [6, 6.07) is 0. The molecule has 24 heavy (non-hydrogen) atoms. The van der Waals surface area contributed by atoms with E-state index in [4.69, 9.17) is 9.47 Å². The van der Waals surface area contributed by atoms with Crippen molar-refractivity contribution in [3.63, 3.8) is 0 Å². The fourth-order valence-electron chi connectivity index (χ4n) is 2.25. The molecule has 0 saturated heterocycles. The molecule has 5 nitrogen and oxygen atoms in total. The Kier molecular flexibility index (Phi) is 7.38. The van der Waals surface area contributed by atoms with Crippen LogP contribution in [0.2, 0.25) is 0 Å². The lowest BCUT2D eigenvalue weighted by atomic mass is 10.1. The summed E-state index contributed by atoms with van der Waals surface area (Å²) in [7, 11) is 0. The lowest BCUT2D eigenvalue weighted by Crippen LogP contribution is -2.31. The van der Waals surface area contributed by atoms with E-state index in [1.54, 1.807) is 0 Å². The zero-order valence-electron chi connectivity index (χ0n) is 13.0. The molecule has 2 rings (SSSR count). The third kappa shape index (κ3) is 6.33. The number of halogens is 4. The van der Waals surface area contributed by atoms with E-state index in [1.807, 2.05) is 11.0 Å². The Balaban J connectivity index is 1.77. The molecule has 10 heteroatoms. The van der Waals surface area contributed by atoms with Crippen LogP contribution in [0.25, 0.3) is 5.57 Å². The molecule has 0 atom stereocenters. The van der Waals surface area contributed by atoms with Crippen molar-refractivity contribution in [1.29, 1.82) is 0 Å². The maximum Gasteiger partial charge on any atom is 0.391 e. The summed E-state index contributed by atoms with van der Waals surface area (Å²) >= 11 is 0.998. The number of hydrogen-bond acceptors (Lipinski definition) is 6. The van der Waals surface area contributed by atoms with Gasteiger partial charge in [-0.25, -0.2) is 4.39 Å². The molecule has 0 amide bonds. The van der Waals surface area contributed by atoms with E-state index in [2.05, 4.69) is 8.75 Å². The van der Waals surface area contributed by atoms with Gasteiger partial charge in [-0.3, -0.25) is 4.90 Å². The van der Waals surface area contributed by atoms with Gasteiger partial charge < -0.3 is 9.47 Å². The Morgan fingerprint density at radius 2 is 2.04 bits per heavy atom. The van der Waals surface area contributed by atoms with Crippen molar-refractivity contribution in [1.82, 2.24) is 13.6 Å². The van der Waals surface area contributed by atoms with Crippen LogP contribution in [0, 0.1) is 0 Å². The standard InChI is InChI=1S/C14H19F4N3O2S/c15-4-6-21-5-1-2-11(10-21)12-13(20-24-19-12)23-9-8-22-7-3-14(16,17)18/h2H,1,3-10H2. The van der Waals surface area contributed by atoms with Gasteiger partial charge in [-0.15, -0.1) is 4.37 Å². The lowest BCUT2D eigenvalue weighted by Gasteiger charge is -2.25. The Morgan fingerprint density at radius 1 is 1.21 bits per heavy atom. The molecule has 0 aliphatic carbocycles. The van der Waals surface area contributed by atoms with Gasteiger partial charge in [0.25, 0.3) is 5.88 Å². The van der Waals surface area contributed by atoms with Crippen LogP contribution in [-0.2, 0) is 4.74 Å². The topological polar surface area (TPSA) is 47.5 Å². The Labute approximate surface area is 141 Å². The molecular weight excluding hydrogens is 350 g/mol. The quantitative estimate of drug-likeness (QED) is 0.495. The number of aromatic nitrogens is 2. The van der Waals surface area contributed by atoms with Gasteiger partial charge in [0.05, 0.1) is 31.4 Å². The first kappa shape index (κ1) is 19.1. The second-order valence-corrected chi connectivity index (χ2v) is 5.76. The van der Waals surface area contributed by atoms with Crippen LogP contribution in [0.5, 0.6) is 5.88 Å². The average molecular weight is 369 g/mol. The Bertz CT molecular complexity index is 536. The summed E-state index contributed by atoms with van der Waals surface area (Å²) in [4.78, 5) is 1.98. The molecule has 1 aromatic heterocycles.